The molecule has 1 N–H and O–H groups in total. The molecule has 0 heterocycles. The third-order valence-electron chi connectivity index (χ3n) is 4.06. The zero-order chi connectivity index (χ0) is 17.2. The summed E-state index contributed by atoms with van der Waals surface area (Å²) in [6, 6.07) is 0. The Morgan fingerprint density at radius 2 is 1.27 bits per heavy atom. The minimum absolute atomic E-state index is 0.00706. The highest BCUT2D eigenvalue weighted by Gasteiger charge is 2.20. The van der Waals surface area contributed by atoms with E-state index in [0.29, 0.717) is 0 Å². The lowest BCUT2D eigenvalue weighted by Gasteiger charge is -2.25. The molecule has 0 aromatic heterocycles. The van der Waals surface area contributed by atoms with Crippen LogP contribution in [0.25, 0.3) is 0 Å². The van der Waals surface area contributed by atoms with Crippen molar-refractivity contribution in [1.29, 1.82) is 0 Å². The summed E-state index contributed by atoms with van der Waals surface area (Å²) >= 11 is 0. The number of rotatable bonds is 9. The SMILES string of the molecule is CC(C)=CCC/C(C)=C/CC/C(C)=C/CCC(O)C(C)(C)C. The minimum Gasteiger partial charge on any atom is -0.393 e. The van der Waals surface area contributed by atoms with Crippen molar-refractivity contribution in [2.45, 2.75) is 93.1 Å². The molecule has 1 atom stereocenters. The Kier molecular flexibility index (Phi) is 10.4. The second-order valence-corrected chi connectivity index (χ2v) is 7.92. The molecule has 0 fully saturated rings. The molecule has 128 valence electrons. The lowest BCUT2D eigenvalue weighted by Crippen LogP contribution is -2.25. The molecule has 0 saturated heterocycles. The maximum Gasteiger partial charge on any atom is 0.0591 e. The molecule has 0 aromatic rings. The van der Waals surface area contributed by atoms with Gasteiger partial charge in [0.15, 0.2) is 0 Å². The van der Waals surface area contributed by atoms with Gasteiger partial charge in [-0.25, -0.2) is 0 Å². The van der Waals surface area contributed by atoms with Crippen molar-refractivity contribution in [3.05, 3.63) is 34.9 Å². The maximum atomic E-state index is 10.0. The Hall–Kier alpha value is -0.820. The van der Waals surface area contributed by atoms with Crippen LogP contribution in [0.1, 0.15) is 87.0 Å². The molecule has 0 aliphatic rings. The molecule has 1 heteroatoms. The Bertz CT molecular complexity index is 387. The number of allylic oxidation sites excluding steroid dienone is 6. The predicted octanol–water partition coefficient (Wildman–Crippen LogP) is 6.59. The molecule has 0 radical (unpaired) electrons. The Morgan fingerprint density at radius 3 is 1.73 bits per heavy atom. The molecule has 0 saturated carbocycles. The van der Waals surface area contributed by atoms with Crippen molar-refractivity contribution in [1.82, 2.24) is 0 Å². The summed E-state index contributed by atoms with van der Waals surface area (Å²) in [5.74, 6) is 0. The van der Waals surface area contributed by atoms with Gasteiger partial charge in [0.05, 0.1) is 6.10 Å². The van der Waals surface area contributed by atoms with Crippen molar-refractivity contribution in [3.63, 3.8) is 0 Å². The highest BCUT2D eigenvalue weighted by atomic mass is 16.3. The van der Waals surface area contributed by atoms with Crippen molar-refractivity contribution in [2.24, 2.45) is 5.41 Å². The quantitative estimate of drug-likeness (QED) is 0.476. The zero-order valence-electron chi connectivity index (χ0n) is 16.0. The van der Waals surface area contributed by atoms with E-state index in [9.17, 15) is 5.11 Å². The molecule has 0 amide bonds. The van der Waals surface area contributed by atoms with Crippen molar-refractivity contribution in [2.75, 3.05) is 0 Å². The summed E-state index contributed by atoms with van der Waals surface area (Å²) in [6.45, 7) is 15.0. The molecular weight excluding hydrogens is 268 g/mol. The molecular formula is C21H38O. The number of hydrogen-bond donors (Lipinski definition) is 1. The maximum absolute atomic E-state index is 10.0. The predicted molar refractivity (Wildman–Crippen MR) is 100 cm³/mol. The number of aliphatic hydroxyl groups is 1. The first-order valence-electron chi connectivity index (χ1n) is 8.75. The van der Waals surface area contributed by atoms with E-state index >= 15 is 0 Å². The van der Waals surface area contributed by atoms with Gasteiger partial charge in [-0.3, -0.25) is 0 Å². The van der Waals surface area contributed by atoms with E-state index in [-0.39, 0.29) is 11.5 Å². The van der Waals surface area contributed by atoms with Gasteiger partial charge in [0, 0.05) is 0 Å². The van der Waals surface area contributed by atoms with Gasteiger partial charge in [0.2, 0.25) is 0 Å². The van der Waals surface area contributed by atoms with Crippen molar-refractivity contribution < 1.29 is 5.11 Å². The largest absolute Gasteiger partial charge is 0.393 e. The lowest BCUT2D eigenvalue weighted by atomic mass is 9.86. The fourth-order valence-corrected chi connectivity index (χ4v) is 2.26. The molecule has 0 rings (SSSR count). The molecule has 22 heavy (non-hydrogen) atoms. The van der Waals surface area contributed by atoms with Gasteiger partial charge in [0.1, 0.15) is 0 Å². The summed E-state index contributed by atoms with van der Waals surface area (Å²) in [5, 5.41) is 10.0. The van der Waals surface area contributed by atoms with Gasteiger partial charge in [-0.2, -0.15) is 0 Å². The first-order valence-corrected chi connectivity index (χ1v) is 8.75. The molecule has 0 aliphatic carbocycles. The first kappa shape index (κ1) is 21.2. The van der Waals surface area contributed by atoms with Crippen LogP contribution in [-0.2, 0) is 0 Å². The van der Waals surface area contributed by atoms with Crippen LogP contribution >= 0.6 is 0 Å². The van der Waals surface area contributed by atoms with E-state index in [0.717, 1.165) is 32.1 Å². The van der Waals surface area contributed by atoms with Crippen LogP contribution in [0.5, 0.6) is 0 Å². The van der Waals surface area contributed by atoms with Crippen LogP contribution in [0.4, 0.5) is 0 Å². The topological polar surface area (TPSA) is 20.2 Å². The Balaban J connectivity index is 3.99. The molecule has 0 bridgehead atoms. The van der Waals surface area contributed by atoms with Crippen LogP contribution in [0.3, 0.4) is 0 Å². The average Bonchev–Trinajstić information content (AvgIpc) is 2.37. The van der Waals surface area contributed by atoms with Crippen molar-refractivity contribution in [3.8, 4) is 0 Å². The first-order chi connectivity index (χ1) is 10.1. The molecule has 0 aromatic carbocycles. The van der Waals surface area contributed by atoms with E-state index < -0.39 is 0 Å². The second kappa shape index (κ2) is 10.8. The van der Waals surface area contributed by atoms with E-state index in [1.54, 1.807) is 0 Å². The Morgan fingerprint density at radius 1 is 0.818 bits per heavy atom. The average molecular weight is 307 g/mol. The van der Waals surface area contributed by atoms with Crippen LogP contribution in [0.15, 0.2) is 34.9 Å². The van der Waals surface area contributed by atoms with Gasteiger partial charge in [-0.05, 0) is 71.6 Å². The summed E-state index contributed by atoms with van der Waals surface area (Å²) < 4.78 is 0. The van der Waals surface area contributed by atoms with Gasteiger partial charge in [-0.15, -0.1) is 0 Å². The highest BCUT2D eigenvalue weighted by molar-refractivity contribution is 5.05. The molecule has 0 aliphatic heterocycles. The van der Waals surface area contributed by atoms with Gasteiger partial charge < -0.3 is 5.11 Å². The summed E-state index contributed by atoms with van der Waals surface area (Å²) in [7, 11) is 0. The molecule has 1 nitrogen and oxygen atoms in total. The van der Waals surface area contributed by atoms with E-state index in [1.807, 2.05) is 0 Å². The smallest absolute Gasteiger partial charge is 0.0591 e. The van der Waals surface area contributed by atoms with E-state index in [4.69, 9.17) is 0 Å². The van der Waals surface area contributed by atoms with Crippen LogP contribution in [0.2, 0.25) is 0 Å². The summed E-state index contributed by atoms with van der Waals surface area (Å²) in [4.78, 5) is 0. The zero-order valence-corrected chi connectivity index (χ0v) is 16.0. The second-order valence-electron chi connectivity index (χ2n) is 7.92. The van der Waals surface area contributed by atoms with Crippen molar-refractivity contribution >= 4 is 0 Å². The van der Waals surface area contributed by atoms with Gasteiger partial charge >= 0.3 is 0 Å². The Labute approximate surface area is 139 Å². The fourth-order valence-electron chi connectivity index (χ4n) is 2.26. The van der Waals surface area contributed by atoms with E-state index in [2.05, 4.69) is 66.7 Å². The molecule has 0 spiro atoms. The third-order valence-corrected chi connectivity index (χ3v) is 4.06. The molecule has 1 unspecified atom stereocenters. The summed E-state index contributed by atoms with van der Waals surface area (Å²) in [5.41, 5.74) is 4.33. The van der Waals surface area contributed by atoms with Crippen LogP contribution in [-0.4, -0.2) is 11.2 Å². The lowest BCUT2D eigenvalue weighted by molar-refractivity contribution is 0.0565. The standard InChI is InChI=1S/C21H38O/c1-17(2)11-8-12-18(3)13-9-14-19(4)15-10-16-20(22)21(5,6)7/h11,13,15,20,22H,8-10,12,14,16H2,1-7H3/b18-13+,19-15+. The fraction of sp³-hybridized carbons (Fsp3) is 0.714. The third kappa shape index (κ3) is 11.8. The normalized spacial score (nSPS) is 14.9. The number of hydrogen-bond acceptors (Lipinski definition) is 1. The minimum atomic E-state index is -0.214. The number of aliphatic hydroxyl groups excluding tert-OH is 1. The van der Waals surface area contributed by atoms with Gasteiger partial charge in [0.25, 0.3) is 0 Å². The van der Waals surface area contributed by atoms with Crippen LogP contribution < -0.4 is 0 Å². The van der Waals surface area contributed by atoms with Crippen LogP contribution in [0, 0.1) is 5.41 Å². The summed E-state index contributed by atoms with van der Waals surface area (Å²) in [6.07, 6.45) is 13.2. The monoisotopic (exact) mass is 306 g/mol. The highest BCUT2D eigenvalue weighted by Crippen LogP contribution is 2.23. The van der Waals surface area contributed by atoms with Gasteiger partial charge in [-0.1, -0.05) is 55.7 Å². The van der Waals surface area contributed by atoms with E-state index in [1.165, 1.54) is 23.1 Å².